The minimum Gasteiger partial charge on any atom is -0.299 e. The van der Waals surface area contributed by atoms with Gasteiger partial charge < -0.3 is 0 Å². The highest BCUT2D eigenvalue weighted by atomic mass is 19.1. The number of hydrogen-bond acceptors (Lipinski definition) is 3. The third-order valence-corrected chi connectivity index (χ3v) is 4.04. The standard InChI is InChI=1S/C15H19FO.CO2/c1-4-13-14(17)12(9-15(13,2)3)10-5-7-11(16)8-6-10;2-1-3/h5-8,12-13H,4,9H2,1-3H3;. The molecule has 4 heteroatoms. The molecule has 0 aliphatic heterocycles. The monoisotopic (exact) mass is 278 g/mol. The summed E-state index contributed by atoms with van der Waals surface area (Å²) in [5.41, 5.74) is 1.02. The minimum atomic E-state index is -0.245. The van der Waals surface area contributed by atoms with E-state index in [0.717, 1.165) is 18.4 Å². The van der Waals surface area contributed by atoms with Crippen molar-refractivity contribution in [2.24, 2.45) is 11.3 Å². The van der Waals surface area contributed by atoms with Crippen LogP contribution in [-0.4, -0.2) is 11.9 Å². The van der Waals surface area contributed by atoms with Gasteiger partial charge in [0.15, 0.2) is 0 Å². The number of carbonyl (C=O) groups excluding carboxylic acids is 3. The van der Waals surface area contributed by atoms with Crippen LogP contribution in [0, 0.1) is 17.2 Å². The van der Waals surface area contributed by atoms with Gasteiger partial charge in [-0.05, 0) is 36.0 Å². The maximum absolute atomic E-state index is 12.9. The van der Waals surface area contributed by atoms with Crippen LogP contribution in [0.25, 0.3) is 0 Å². The van der Waals surface area contributed by atoms with Crippen molar-refractivity contribution in [3.63, 3.8) is 0 Å². The van der Waals surface area contributed by atoms with E-state index in [1.54, 1.807) is 12.1 Å². The lowest BCUT2D eigenvalue weighted by Gasteiger charge is -2.23. The fraction of sp³-hybridized carbons (Fsp3) is 0.500. The zero-order valence-electron chi connectivity index (χ0n) is 12.0. The van der Waals surface area contributed by atoms with Crippen molar-refractivity contribution in [3.8, 4) is 0 Å². The van der Waals surface area contributed by atoms with Gasteiger partial charge in [-0.25, -0.2) is 4.39 Å². The summed E-state index contributed by atoms with van der Waals surface area (Å²) >= 11 is 0. The van der Waals surface area contributed by atoms with Gasteiger partial charge >= 0.3 is 6.15 Å². The number of carbonyl (C=O) groups is 1. The topological polar surface area (TPSA) is 51.2 Å². The molecule has 0 saturated heterocycles. The average Bonchev–Trinajstić information content (AvgIpc) is 2.61. The van der Waals surface area contributed by atoms with E-state index in [1.165, 1.54) is 12.1 Å². The van der Waals surface area contributed by atoms with Gasteiger partial charge in [-0.2, -0.15) is 9.59 Å². The zero-order valence-corrected chi connectivity index (χ0v) is 12.0. The molecule has 0 N–H and O–H groups in total. The first-order valence-electron chi connectivity index (χ1n) is 6.65. The van der Waals surface area contributed by atoms with Crippen LogP contribution in [0.5, 0.6) is 0 Å². The highest BCUT2D eigenvalue weighted by molar-refractivity contribution is 5.90. The van der Waals surface area contributed by atoms with E-state index < -0.39 is 0 Å². The zero-order chi connectivity index (χ0) is 15.3. The van der Waals surface area contributed by atoms with Crippen molar-refractivity contribution >= 4 is 11.9 Å². The van der Waals surface area contributed by atoms with Crippen LogP contribution in [0.4, 0.5) is 4.39 Å². The Morgan fingerprint density at radius 1 is 1.25 bits per heavy atom. The number of hydrogen-bond donors (Lipinski definition) is 0. The molecule has 0 radical (unpaired) electrons. The number of ketones is 1. The highest BCUT2D eigenvalue weighted by Gasteiger charge is 2.46. The molecule has 0 bridgehead atoms. The van der Waals surface area contributed by atoms with Crippen LogP contribution >= 0.6 is 0 Å². The van der Waals surface area contributed by atoms with Crippen LogP contribution in [0.2, 0.25) is 0 Å². The minimum absolute atomic E-state index is 0.0458. The van der Waals surface area contributed by atoms with Crippen LogP contribution in [0.3, 0.4) is 0 Å². The van der Waals surface area contributed by atoms with E-state index in [4.69, 9.17) is 9.59 Å². The normalized spacial score (nSPS) is 23.7. The second-order valence-electron chi connectivity index (χ2n) is 5.74. The Balaban J connectivity index is 0.000000612. The number of Topliss-reactive ketones (excluding diaryl/α,β-unsaturated/α-hetero) is 1. The molecule has 3 nitrogen and oxygen atoms in total. The first-order valence-corrected chi connectivity index (χ1v) is 6.65. The van der Waals surface area contributed by atoms with Crippen molar-refractivity contribution in [1.82, 2.24) is 0 Å². The molecule has 1 aromatic carbocycles. The van der Waals surface area contributed by atoms with Crippen LogP contribution in [0.1, 0.15) is 45.1 Å². The molecule has 1 aromatic rings. The lowest BCUT2D eigenvalue weighted by molar-refractivity contribution is -0.191. The van der Waals surface area contributed by atoms with E-state index in [1.807, 2.05) is 0 Å². The molecule has 20 heavy (non-hydrogen) atoms. The van der Waals surface area contributed by atoms with E-state index in [2.05, 4.69) is 20.8 Å². The van der Waals surface area contributed by atoms with Crippen LogP contribution < -0.4 is 0 Å². The number of benzene rings is 1. The summed E-state index contributed by atoms with van der Waals surface area (Å²) in [6.45, 7) is 6.38. The van der Waals surface area contributed by atoms with Crippen molar-refractivity contribution in [2.45, 2.75) is 39.5 Å². The quantitative estimate of drug-likeness (QED) is 0.833. The Kier molecular flexibility index (Phi) is 5.34. The van der Waals surface area contributed by atoms with Crippen molar-refractivity contribution in [2.75, 3.05) is 0 Å². The second-order valence-corrected chi connectivity index (χ2v) is 5.74. The summed E-state index contributed by atoms with van der Waals surface area (Å²) in [6.07, 6.45) is 2.01. The number of halogens is 1. The first-order chi connectivity index (χ1) is 9.37. The van der Waals surface area contributed by atoms with E-state index in [-0.39, 0.29) is 29.2 Å². The predicted octanol–water partition coefficient (Wildman–Crippen LogP) is 3.35. The summed E-state index contributed by atoms with van der Waals surface area (Å²) < 4.78 is 12.9. The molecule has 0 amide bonds. The van der Waals surface area contributed by atoms with Crippen molar-refractivity contribution < 1.29 is 18.8 Å². The van der Waals surface area contributed by atoms with Gasteiger partial charge in [-0.3, -0.25) is 4.79 Å². The molecule has 0 heterocycles. The summed E-state index contributed by atoms with van der Waals surface area (Å²) in [5.74, 6) is 0.169. The van der Waals surface area contributed by atoms with Gasteiger partial charge in [0, 0.05) is 11.8 Å². The summed E-state index contributed by atoms with van der Waals surface area (Å²) in [5, 5.41) is 0. The molecule has 0 spiro atoms. The Morgan fingerprint density at radius 3 is 2.15 bits per heavy atom. The molecule has 1 aliphatic rings. The van der Waals surface area contributed by atoms with E-state index >= 15 is 0 Å². The maximum Gasteiger partial charge on any atom is 0.373 e. The molecule has 108 valence electrons. The summed E-state index contributed by atoms with van der Waals surface area (Å²) in [4.78, 5) is 28.6. The number of rotatable bonds is 2. The Morgan fingerprint density at radius 2 is 1.75 bits per heavy atom. The lowest BCUT2D eigenvalue weighted by Crippen LogP contribution is -2.21. The fourth-order valence-corrected chi connectivity index (χ4v) is 3.13. The van der Waals surface area contributed by atoms with Crippen LogP contribution in [-0.2, 0) is 14.4 Å². The fourth-order valence-electron chi connectivity index (χ4n) is 3.13. The maximum atomic E-state index is 12.9. The molecule has 2 rings (SSSR count). The SMILES string of the molecule is CCC1C(=O)C(c2ccc(F)cc2)CC1(C)C.O=C=O. The average molecular weight is 278 g/mol. The van der Waals surface area contributed by atoms with E-state index in [9.17, 15) is 9.18 Å². The third-order valence-electron chi connectivity index (χ3n) is 4.04. The Hall–Kier alpha value is -1.80. The second kappa shape index (κ2) is 6.58. The molecule has 1 aliphatic carbocycles. The summed E-state index contributed by atoms with van der Waals surface area (Å²) in [6, 6.07) is 6.36. The van der Waals surface area contributed by atoms with Crippen molar-refractivity contribution in [3.05, 3.63) is 35.6 Å². The molecule has 2 unspecified atom stereocenters. The molecule has 1 saturated carbocycles. The van der Waals surface area contributed by atoms with Gasteiger partial charge in [0.2, 0.25) is 0 Å². The van der Waals surface area contributed by atoms with Crippen LogP contribution in [0.15, 0.2) is 24.3 Å². The van der Waals surface area contributed by atoms with Gasteiger partial charge in [0.1, 0.15) is 11.6 Å². The molecule has 2 atom stereocenters. The first kappa shape index (κ1) is 16.3. The Labute approximate surface area is 118 Å². The predicted molar refractivity (Wildman–Crippen MR) is 71.3 cm³/mol. The molecular weight excluding hydrogens is 259 g/mol. The molecular formula is C16H19FO3. The highest BCUT2D eigenvalue weighted by Crippen LogP contribution is 2.48. The molecule has 0 aromatic heterocycles. The van der Waals surface area contributed by atoms with Gasteiger partial charge in [-0.15, -0.1) is 0 Å². The van der Waals surface area contributed by atoms with Gasteiger partial charge in [0.25, 0.3) is 0 Å². The smallest absolute Gasteiger partial charge is 0.299 e. The lowest BCUT2D eigenvalue weighted by atomic mass is 9.80. The van der Waals surface area contributed by atoms with E-state index in [0.29, 0.717) is 5.78 Å². The third kappa shape index (κ3) is 3.40. The van der Waals surface area contributed by atoms with Gasteiger partial charge in [0.05, 0.1) is 0 Å². The largest absolute Gasteiger partial charge is 0.373 e. The Bertz CT molecular complexity index is 499. The molecule has 1 fully saturated rings. The van der Waals surface area contributed by atoms with Gasteiger partial charge in [-0.1, -0.05) is 32.9 Å². The summed E-state index contributed by atoms with van der Waals surface area (Å²) in [7, 11) is 0. The van der Waals surface area contributed by atoms with Crippen molar-refractivity contribution in [1.29, 1.82) is 0 Å².